The first kappa shape index (κ1) is 15.3. The van der Waals surface area contributed by atoms with Crippen LogP contribution >= 0.6 is 0 Å². The van der Waals surface area contributed by atoms with Crippen LogP contribution in [0.4, 0.5) is 5.69 Å². The predicted molar refractivity (Wildman–Crippen MR) is 85.3 cm³/mol. The van der Waals surface area contributed by atoms with Crippen LogP contribution in [0.5, 0.6) is 0 Å². The molecule has 0 amide bonds. The first-order valence-corrected chi connectivity index (χ1v) is 7.78. The number of piperidine rings is 1. The number of rotatable bonds is 6. The van der Waals surface area contributed by atoms with E-state index in [0.717, 1.165) is 38.9 Å². The third-order valence-electron chi connectivity index (χ3n) is 4.24. The van der Waals surface area contributed by atoms with Crippen LogP contribution in [0.1, 0.15) is 24.8 Å². The van der Waals surface area contributed by atoms with Gasteiger partial charge in [-0.1, -0.05) is 12.1 Å². The number of hydrogen-bond donors (Lipinski definition) is 1. The second kappa shape index (κ2) is 7.65. The third-order valence-corrected chi connectivity index (χ3v) is 4.24. The summed E-state index contributed by atoms with van der Waals surface area (Å²) in [4.78, 5) is 4.68. The van der Waals surface area contributed by atoms with E-state index in [1.54, 1.807) is 0 Å². The van der Waals surface area contributed by atoms with Gasteiger partial charge in [-0.2, -0.15) is 0 Å². The lowest BCUT2D eigenvalue weighted by Crippen LogP contribution is -2.34. The van der Waals surface area contributed by atoms with Crippen LogP contribution < -0.4 is 4.90 Å². The molecule has 0 aromatic heterocycles. The van der Waals surface area contributed by atoms with Gasteiger partial charge in [-0.25, -0.2) is 0 Å². The van der Waals surface area contributed by atoms with E-state index >= 15 is 0 Å². The van der Waals surface area contributed by atoms with Crippen LogP contribution in [0.25, 0.3) is 0 Å². The predicted octanol–water partition coefficient (Wildman–Crippen LogP) is 2.39. The normalized spacial score (nSPS) is 16.9. The summed E-state index contributed by atoms with van der Waals surface area (Å²) in [6.45, 7) is 3.64. The maximum Gasteiger partial charge on any atom is 0.0460 e. The summed E-state index contributed by atoms with van der Waals surface area (Å²) in [6, 6.07) is 9.04. The Morgan fingerprint density at radius 2 is 1.80 bits per heavy atom. The van der Waals surface area contributed by atoms with Gasteiger partial charge in [0, 0.05) is 25.4 Å². The molecule has 0 radical (unpaired) electrons. The van der Waals surface area contributed by atoms with E-state index in [1.807, 2.05) is 0 Å². The summed E-state index contributed by atoms with van der Waals surface area (Å²) in [5.41, 5.74) is 2.76. The van der Waals surface area contributed by atoms with Crippen LogP contribution in [0.3, 0.4) is 0 Å². The monoisotopic (exact) mass is 276 g/mol. The minimum absolute atomic E-state index is 0.346. The van der Waals surface area contributed by atoms with Crippen LogP contribution in [-0.4, -0.2) is 50.3 Å². The molecule has 1 fully saturated rings. The Bertz CT molecular complexity index is 380. The molecule has 20 heavy (non-hydrogen) atoms. The highest BCUT2D eigenvalue weighted by atomic mass is 16.3. The van der Waals surface area contributed by atoms with E-state index in [1.165, 1.54) is 17.7 Å². The largest absolute Gasteiger partial charge is 0.396 e. The van der Waals surface area contributed by atoms with Gasteiger partial charge in [-0.15, -0.1) is 0 Å². The molecule has 1 N–H and O–H groups in total. The van der Waals surface area contributed by atoms with Gasteiger partial charge in [-0.3, -0.25) is 0 Å². The van der Waals surface area contributed by atoms with E-state index < -0.39 is 0 Å². The van der Waals surface area contributed by atoms with Crippen LogP contribution in [0, 0.1) is 5.92 Å². The molecule has 1 aliphatic rings. The number of aryl methyl sites for hydroxylation is 1. The van der Waals surface area contributed by atoms with Crippen molar-refractivity contribution < 1.29 is 5.11 Å². The molecule has 1 saturated heterocycles. The molecule has 2 rings (SSSR count). The molecule has 1 aliphatic heterocycles. The first-order chi connectivity index (χ1) is 9.69. The summed E-state index contributed by atoms with van der Waals surface area (Å²) in [7, 11) is 4.25. The molecule has 112 valence electrons. The lowest BCUT2D eigenvalue weighted by atomic mass is 9.97. The number of nitrogens with zero attached hydrogens (tertiary/aromatic N) is 2. The topological polar surface area (TPSA) is 26.7 Å². The Hall–Kier alpha value is -1.06. The summed E-state index contributed by atoms with van der Waals surface area (Å²) in [6.07, 6.45) is 4.60. The van der Waals surface area contributed by atoms with E-state index in [0.29, 0.717) is 12.5 Å². The molecule has 0 aliphatic carbocycles. The molecule has 3 nitrogen and oxygen atoms in total. The Morgan fingerprint density at radius 3 is 2.35 bits per heavy atom. The quantitative estimate of drug-likeness (QED) is 0.864. The summed E-state index contributed by atoms with van der Waals surface area (Å²) >= 11 is 0. The Morgan fingerprint density at radius 1 is 1.15 bits per heavy atom. The van der Waals surface area contributed by atoms with Crippen molar-refractivity contribution in [2.45, 2.75) is 25.7 Å². The number of anilines is 1. The fourth-order valence-corrected chi connectivity index (χ4v) is 2.85. The number of aliphatic hydroxyl groups excluding tert-OH is 1. The fraction of sp³-hybridized carbons (Fsp3) is 0.647. The highest BCUT2D eigenvalue weighted by Crippen LogP contribution is 2.23. The van der Waals surface area contributed by atoms with E-state index in [4.69, 9.17) is 0 Å². The zero-order chi connectivity index (χ0) is 14.4. The standard InChI is InChI=1S/C17H28N2O/c1-18(2)11-3-4-15-5-7-17(8-6-15)19-12-9-16(14-20)10-13-19/h5-8,16,20H,3-4,9-14H2,1-2H3. The molecule has 1 heterocycles. The van der Waals surface area contributed by atoms with Crippen molar-refractivity contribution in [2.24, 2.45) is 5.92 Å². The lowest BCUT2D eigenvalue weighted by molar-refractivity contribution is 0.203. The SMILES string of the molecule is CN(C)CCCc1ccc(N2CCC(CO)CC2)cc1. The highest BCUT2D eigenvalue weighted by molar-refractivity contribution is 5.48. The molecule has 0 unspecified atom stereocenters. The molecule has 0 atom stereocenters. The van der Waals surface area contributed by atoms with Crippen LogP contribution in [-0.2, 0) is 6.42 Å². The highest BCUT2D eigenvalue weighted by Gasteiger charge is 2.18. The van der Waals surface area contributed by atoms with Crippen molar-refractivity contribution in [1.29, 1.82) is 0 Å². The molecule has 0 bridgehead atoms. The van der Waals surface area contributed by atoms with Gasteiger partial charge in [-0.05, 0) is 69.9 Å². The minimum Gasteiger partial charge on any atom is -0.396 e. The Kier molecular flexibility index (Phi) is 5.86. The summed E-state index contributed by atoms with van der Waals surface area (Å²) in [5, 5.41) is 9.18. The second-order valence-corrected chi connectivity index (χ2v) is 6.19. The Labute approximate surface area is 123 Å². The van der Waals surface area contributed by atoms with Crippen molar-refractivity contribution in [1.82, 2.24) is 4.90 Å². The number of aliphatic hydroxyl groups is 1. The maximum absolute atomic E-state index is 9.18. The molecular weight excluding hydrogens is 248 g/mol. The summed E-state index contributed by atoms with van der Waals surface area (Å²) in [5.74, 6) is 0.511. The van der Waals surface area contributed by atoms with Crippen molar-refractivity contribution >= 4 is 5.69 Å². The second-order valence-electron chi connectivity index (χ2n) is 6.19. The molecule has 3 heteroatoms. The molecular formula is C17H28N2O. The zero-order valence-electron chi connectivity index (χ0n) is 12.9. The van der Waals surface area contributed by atoms with E-state index in [9.17, 15) is 5.11 Å². The smallest absolute Gasteiger partial charge is 0.0460 e. The van der Waals surface area contributed by atoms with Crippen LogP contribution in [0.2, 0.25) is 0 Å². The average molecular weight is 276 g/mol. The van der Waals surface area contributed by atoms with Crippen molar-refractivity contribution in [3.63, 3.8) is 0 Å². The molecule has 1 aromatic carbocycles. The van der Waals surface area contributed by atoms with Gasteiger partial charge < -0.3 is 14.9 Å². The zero-order valence-corrected chi connectivity index (χ0v) is 12.9. The summed E-state index contributed by atoms with van der Waals surface area (Å²) < 4.78 is 0. The van der Waals surface area contributed by atoms with Crippen LogP contribution in [0.15, 0.2) is 24.3 Å². The molecule has 0 saturated carbocycles. The molecule has 0 spiro atoms. The third kappa shape index (κ3) is 4.50. The van der Waals surface area contributed by atoms with Crippen molar-refractivity contribution in [3.05, 3.63) is 29.8 Å². The minimum atomic E-state index is 0.346. The fourth-order valence-electron chi connectivity index (χ4n) is 2.85. The number of benzene rings is 1. The van der Waals surface area contributed by atoms with Gasteiger partial charge in [0.15, 0.2) is 0 Å². The van der Waals surface area contributed by atoms with Gasteiger partial charge in [0.05, 0.1) is 0 Å². The molecule has 1 aromatic rings. The first-order valence-electron chi connectivity index (χ1n) is 7.78. The van der Waals surface area contributed by atoms with Crippen molar-refractivity contribution in [2.75, 3.05) is 45.2 Å². The maximum atomic E-state index is 9.18. The van der Waals surface area contributed by atoms with E-state index in [2.05, 4.69) is 48.2 Å². The lowest BCUT2D eigenvalue weighted by Gasteiger charge is -2.33. The van der Waals surface area contributed by atoms with Gasteiger partial charge in [0.1, 0.15) is 0 Å². The van der Waals surface area contributed by atoms with E-state index in [-0.39, 0.29) is 0 Å². The van der Waals surface area contributed by atoms with Gasteiger partial charge >= 0.3 is 0 Å². The van der Waals surface area contributed by atoms with Crippen molar-refractivity contribution in [3.8, 4) is 0 Å². The average Bonchev–Trinajstić information content (AvgIpc) is 2.48. The van der Waals surface area contributed by atoms with Gasteiger partial charge in [0.2, 0.25) is 0 Å². The number of hydrogen-bond acceptors (Lipinski definition) is 3. The van der Waals surface area contributed by atoms with Gasteiger partial charge in [0.25, 0.3) is 0 Å². The Balaban J connectivity index is 1.82.